The Morgan fingerprint density at radius 3 is 2.80 bits per heavy atom. The van der Waals surface area contributed by atoms with E-state index in [1.54, 1.807) is 6.07 Å². The van der Waals surface area contributed by atoms with E-state index >= 15 is 0 Å². The third-order valence-corrected chi connectivity index (χ3v) is 4.36. The lowest BCUT2D eigenvalue weighted by atomic mass is 10.0. The normalized spacial score (nSPS) is 23.6. The maximum absolute atomic E-state index is 12.1. The van der Waals surface area contributed by atoms with E-state index < -0.39 is 0 Å². The van der Waals surface area contributed by atoms with Gasteiger partial charge in [-0.2, -0.15) is 0 Å². The van der Waals surface area contributed by atoms with Gasteiger partial charge in [0.1, 0.15) is 0 Å². The van der Waals surface area contributed by atoms with E-state index in [1.807, 2.05) is 19.1 Å². The zero-order chi connectivity index (χ0) is 14.7. The van der Waals surface area contributed by atoms with Crippen LogP contribution in [0.2, 0.25) is 10.0 Å². The molecule has 5 heteroatoms. The van der Waals surface area contributed by atoms with Gasteiger partial charge < -0.3 is 11.1 Å². The second-order valence-corrected chi connectivity index (χ2v) is 6.46. The minimum atomic E-state index is 0.0398. The number of hydrogen-bond acceptors (Lipinski definition) is 2. The molecule has 1 saturated carbocycles. The molecule has 0 saturated heterocycles. The van der Waals surface area contributed by atoms with E-state index in [2.05, 4.69) is 5.32 Å². The lowest BCUT2D eigenvalue weighted by Crippen LogP contribution is -2.38. The van der Waals surface area contributed by atoms with E-state index in [9.17, 15) is 4.79 Å². The largest absolute Gasteiger partial charge is 0.353 e. The molecule has 20 heavy (non-hydrogen) atoms. The highest BCUT2D eigenvalue weighted by Crippen LogP contribution is 2.25. The second-order valence-electron chi connectivity index (χ2n) is 5.62. The van der Waals surface area contributed by atoms with Gasteiger partial charge in [-0.15, -0.1) is 0 Å². The summed E-state index contributed by atoms with van der Waals surface area (Å²) in [5.41, 5.74) is 6.83. The molecular formula is C15H20Cl2N2O. The van der Waals surface area contributed by atoms with Crippen molar-refractivity contribution in [2.24, 2.45) is 11.7 Å². The summed E-state index contributed by atoms with van der Waals surface area (Å²) in [5.74, 6) is 0.170. The van der Waals surface area contributed by atoms with Gasteiger partial charge in [0, 0.05) is 28.0 Å². The van der Waals surface area contributed by atoms with Crippen molar-refractivity contribution in [1.29, 1.82) is 0 Å². The molecule has 0 spiro atoms. The van der Waals surface area contributed by atoms with Crippen LogP contribution in [0.15, 0.2) is 18.2 Å². The van der Waals surface area contributed by atoms with E-state index in [0.29, 0.717) is 16.5 Å². The van der Waals surface area contributed by atoms with Gasteiger partial charge in [0.25, 0.3) is 0 Å². The van der Waals surface area contributed by atoms with Gasteiger partial charge in [0.15, 0.2) is 0 Å². The summed E-state index contributed by atoms with van der Waals surface area (Å²) in [6.07, 6.45) is 3.32. The Hall–Kier alpha value is -0.770. The fraction of sp³-hybridized carbons (Fsp3) is 0.533. The van der Waals surface area contributed by atoms with Crippen molar-refractivity contribution in [3.63, 3.8) is 0 Å². The van der Waals surface area contributed by atoms with Crippen LogP contribution in [-0.2, 0) is 11.2 Å². The zero-order valence-corrected chi connectivity index (χ0v) is 13.0. The van der Waals surface area contributed by atoms with Gasteiger partial charge >= 0.3 is 0 Å². The lowest BCUT2D eigenvalue weighted by molar-refractivity contribution is -0.125. The summed E-state index contributed by atoms with van der Waals surface area (Å²) >= 11 is 12.0. The smallest absolute Gasteiger partial charge is 0.223 e. The van der Waals surface area contributed by atoms with Crippen LogP contribution in [0, 0.1) is 5.92 Å². The Labute approximate surface area is 129 Å². The van der Waals surface area contributed by atoms with Crippen LogP contribution in [-0.4, -0.2) is 18.0 Å². The standard InChI is InChI=1S/C15H20Cl2N2O/c1-9(6-10-2-4-12(16)8-14(10)17)19-15(20)11-3-5-13(18)7-11/h2,4,8-9,11,13H,3,5-7,18H2,1H3,(H,19,20). The minimum absolute atomic E-state index is 0.0398. The maximum Gasteiger partial charge on any atom is 0.223 e. The molecule has 0 aromatic heterocycles. The molecule has 0 aliphatic heterocycles. The fourth-order valence-electron chi connectivity index (χ4n) is 2.68. The van der Waals surface area contributed by atoms with Crippen molar-refractivity contribution in [1.82, 2.24) is 5.32 Å². The summed E-state index contributed by atoms with van der Waals surface area (Å²) in [7, 11) is 0. The Morgan fingerprint density at radius 1 is 1.45 bits per heavy atom. The highest BCUT2D eigenvalue weighted by Gasteiger charge is 2.28. The van der Waals surface area contributed by atoms with Crippen LogP contribution < -0.4 is 11.1 Å². The second kappa shape index (κ2) is 6.79. The monoisotopic (exact) mass is 314 g/mol. The number of nitrogens with two attached hydrogens (primary N) is 1. The predicted molar refractivity (Wildman–Crippen MR) is 83.1 cm³/mol. The molecule has 1 aliphatic rings. The molecule has 3 atom stereocenters. The number of amides is 1. The molecule has 3 nitrogen and oxygen atoms in total. The first-order chi connectivity index (χ1) is 9.45. The summed E-state index contributed by atoms with van der Waals surface area (Å²) in [6, 6.07) is 5.65. The highest BCUT2D eigenvalue weighted by atomic mass is 35.5. The van der Waals surface area contributed by atoms with Gasteiger partial charge in [-0.05, 0) is 50.3 Å². The van der Waals surface area contributed by atoms with Crippen LogP contribution in [0.1, 0.15) is 31.7 Å². The zero-order valence-electron chi connectivity index (χ0n) is 11.5. The first-order valence-electron chi connectivity index (χ1n) is 6.95. The Balaban J connectivity index is 1.88. The van der Waals surface area contributed by atoms with Gasteiger partial charge in [-0.1, -0.05) is 29.3 Å². The predicted octanol–water partition coefficient (Wildman–Crippen LogP) is 3.17. The maximum atomic E-state index is 12.1. The van der Waals surface area contributed by atoms with Crippen molar-refractivity contribution in [3.05, 3.63) is 33.8 Å². The van der Waals surface area contributed by atoms with Crippen LogP contribution in [0.25, 0.3) is 0 Å². The molecule has 0 bridgehead atoms. The Bertz CT molecular complexity index is 493. The molecular weight excluding hydrogens is 295 g/mol. The third kappa shape index (κ3) is 4.11. The van der Waals surface area contributed by atoms with Crippen molar-refractivity contribution in [2.75, 3.05) is 0 Å². The third-order valence-electron chi connectivity index (χ3n) is 3.77. The molecule has 2 rings (SSSR count). The highest BCUT2D eigenvalue weighted by molar-refractivity contribution is 6.35. The van der Waals surface area contributed by atoms with Crippen LogP contribution in [0.3, 0.4) is 0 Å². The van der Waals surface area contributed by atoms with Gasteiger partial charge in [0.2, 0.25) is 5.91 Å². The van der Waals surface area contributed by atoms with Crippen LogP contribution in [0.4, 0.5) is 0 Å². The topological polar surface area (TPSA) is 55.1 Å². The van der Waals surface area contributed by atoms with Crippen molar-refractivity contribution in [3.8, 4) is 0 Å². The van der Waals surface area contributed by atoms with E-state index in [1.165, 1.54) is 0 Å². The average molecular weight is 315 g/mol. The number of carbonyl (C=O) groups is 1. The number of halogens is 2. The lowest BCUT2D eigenvalue weighted by Gasteiger charge is -2.18. The number of benzene rings is 1. The van der Waals surface area contributed by atoms with E-state index in [-0.39, 0.29) is 23.9 Å². The quantitative estimate of drug-likeness (QED) is 0.897. The Kier molecular flexibility index (Phi) is 5.30. The Morgan fingerprint density at radius 2 is 2.20 bits per heavy atom. The first kappa shape index (κ1) is 15.6. The molecule has 1 aromatic rings. The average Bonchev–Trinajstić information content (AvgIpc) is 2.79. The van der Waals surface area contributed by atoms with Gasteiger partial charge in [-0.3, -0.25) is 4.79 Å². The summed E-state index contributed by atoms with van der Waals surface area (Å²) in [5, 5.41) is 4.31. The summed E-state index contributed by atoms with van der Waals surface area (Å²) < 4.78 is 0. The molecule has 1 amide bonds. The molecule has 0 heterocycles. The van der Waals surface area contributed by atoms with Crippen molar-refractivity contribution >= 4 is 29.1 Å². The molecule has 3 unspecified atom stereocenters. The molecule has 0 radical (unpaired) electrons. The number of carbonyl (C=O) groups excluding carboxylic acids is 1. The van der Waals surface area contributed by atoms with E-state index in [4.69, 9.17) is 28.9 Å². The first-order valence-corrected chi connectivity index (χ1v) is 7.71. The summed E-state index contributed by atoms with van der Waals surface area (Å²) in [6.45, 7) is 1.98. The van der Waals surface area contributed by atoms with Crippen molar-refractivity contribution in [2.45, 2.75) is 44.7 Å². The number of hydrogen-bond donors (Lipinski definition) is 2. The van der Waals surface area contributed by atoms with E-state index in [0.717, 1.165) is 24.8 Å². The minimum Gasteiger partial charge on any atom is -0.353 e. The molecule has 3 N–H and O–H groups in total. The van der Waals surface area contributed by atoms with Gasteiger partial charge in [0.05, 0.1) is 0 Å². The van der Waals surface area contributed by atoms with Crippen LogP contribution in [0.5, 0.6) is 0 Å². The molecule has 1 aliphatic carbocycles. The summed E-state index contributed by atoms with van der Waals surface area (Å²) in [4.78, 5) is 12.1. The number of nitrogens with one attached hydrogen (secondary N) is 1. The SMILES string of the molecule is CC(Cc1ccc(Cl)cc1Cl)NC(=O)C1CCC(N)C1. The molecule has 1 fully saturated rings. The number of rotatable bonds is 4. The molecule has 1 aromatic carbocycles. The molecule has 110 valence electrons. The van der Waals surface area contributed by atoms with Crippen LogP contribution >= 0.6 is 23.2 Å². The van der Waals surface area contributed by atoms with Crippen molar-refractivity contribution < 1.29 is 4.79 Å². The fourth-order valence-corrected chi connectivity index (χ4v) is 3.17. The van der Waals surface area contributed by atoms with Gasteiger partial charge in [-0.25, -0.2) is 0 Å².